The van der Waals surface area contributed by atoms with Gasteiger partial charge in [0.1, 0.15) is 11.2 Å². The first-order chi connectivity index (χ1) is 37.2. The third-order valence-corrected chi connectivity index (χ3v) is 15.4. The predicted octanol–water partition coefficient (Wildman–Crippen LogP) is 20.7. The van der Waals surface area contributed by atoms with Gasteiger partial charge in [-0.05, 0) is 144 Å². The van der Waals surface area contributed by atoms with E-state index in [2.05, 4.69) is 289 Å². The summed E-state index contributed by atoms with van der Waals surface area (Å²) in [5, 5.41) is 13.7. The summed E-state index contributed by atoms with van der Waals surface area (Å²) < 4.78 is 7.05. The largest absolute Gasteiger partial charge is 0.455 e. The SMILES string of the molecule is c1ccc(-c2ccc(N(c3ccc4c(c3)-c3ccccc3N(c3ccccc3)c3ccccc3-4)c3ccc4c5ccccc5c5ccccc5c5ccccc5c5c(ccc6c7ccccc7oc65)c4c3)cc2)cc1. The molecule has 1 aliphatic rings. The summed E-state index contributed by atoms with van der Waals surface area (Å²) in [5.41, 5.74) is 15.3. The molecular weight excluding hydrogens is 909 g/mol. The van der Waals surface area contributed by atoms with Gasteiger partial charge in [-0.25, -0.2) is 0 Å². The fourth-order valence-electron chi connectivity index (χ4n) is 12.0. The number of furan rings is 1. The first kappa shape index (κ1) is 42.7. The molecule has 1 aliphatic heterocycles. The van der Waals surface area contributed by atoms with Crippen molar-refractivity contribution in [3.63, 3.8) is 0 Å². The molecule has 0 atom stereocenters. The van der Waals surface area contributed by atoms with Crippen LogP contribution in [-0.4, -0.2) is 0 Å². The van der Waals surface area contributed by atoms with Gasteiger partial charge in [-0.1, -0.05) is 206 Å². The maximum Gasteiger partial charge on any atom is 0.143 e. The number of hydrogen-bond donors (Lipinski definition) is 0. The van der Waals surface area contributed by atoms with Crippen LogP contribution < -0.4 is 9.80 Å². The quantitative estimate of drug-likeness (QED) is 0.171. The van der Waals surface area contributed by atoms with E-state index < -0.39 is 0 Å². The number of fused-ring (bicyclic) bond motifs is 19. The highest BCUT2D eigenvalue weighted by atomic mass is 16.3. The van der Waals surface area contributed by atoms with E-state index in [0.717, 1.165) is 93.9 Å². The van der Waals surface area contributed by atoms with Gasteiger partial charge in [0.05, 0.1) is 11.4 Å². The number of hydrogen-bond acceptors (Lipinski definition) is 3. The van der Waals surface area contributed by atoms with Gasteiger partial charge in [0.25, 0.3) is 0 Å². The van der Waals surface area contributed by atoms with Crippen molar-refractivity contribution in [3.8, 4) is 33.4 Å². The van der Waals surface area contributed by atoms with Crippen LogP contribution in [0.4, 0.5) is 34.1 Å². The van der Waals surface area contributed by atoms with E-state index in [-0.39, 0.29) is 0 Å². The van der Waals surface area contributed by atoms with Gasteiger partial charge in [0.15, 0.2) is 0 Å². The van der Waals surface area contributed by atoms with Gasteiger partial charge in [-0.3, -0.25) is 0 Å². The first-order valence-electron chi connectivity index (χ1n) is 25.7. The zero-order valence-electron chi connectivity index (χ0n) is 40.9. The summed E-state index contributed by atoms with van der Waals surface area (Å²) in [7, 11) is 0. The zero-order chi connectivity index (χ0) is 49.4. The smallest absolute Gasteiger partial charge is 0.143 e. The van der Waals surface area contributed by atoms with Crippen molar-refractivity contribution in [2.45, 2.75) is 0 Å². The lowest BCUT2D eigenvalue weighted by molar-refractivity contribution is 0.673. The summed E-state index contributed by atoms with van der Waals surface area (Å²) in [5.74, 6) is 0. The monoisotopic (exact) mass is 954 g/mol. The topological polar surface area (TPSA) is 19.6 Å². The third-order valence-electron chi connectivity index (χ3n) is 15.4. The molecule has 0 saturated heterocycles. The van der Waals surface area contributed by atoms with E-state index in [1.54, 1.807) is 0 Å². The second-order valence-corrected chi connectivity index (χ2v) is 19.5. The van der Waals surface area contributed by atoms with Crippen molar-refractivity contribution in [3.05, 3.63) is 279 Å². The van der Waals surface area contributed by atoms with E-state index in [9.17, 15) is 0 Å². The second kappa shape index (κ2) is 17.4. The summed E-state index contributed by atoms with van der Waals surface area (Å²) >= 11 is 0. The highest BCUT2D eigenvalue weighted by molar-refractivity contribution is 6.31. The van der Waals surface area contributed by atoms with Gasteiger partial charge < -0.3 is 14.2 Å². The van der Waals surface area contributed by atoms with E-state index in [0.29, 0.717) is 0 Å². The lowest BCUT2D eigenvalue weighted by Gasteiger charge is -2.27. The molecule has 0 fully saturated rings. The number of anilines is 6. The predicted molar refractivity (Wildman–Crippen MR) is 318 cm³/mol. The van der Waals surface area contributed by atoms with E-state index in [1.807, 2.05) is 0 Å². The van der Waals surface area contributed by atoms with E-state index in [1.165, 1.54) is 49.4 Å². The summed E-state index contributed by atoms with van der Waals surface area (Å²) in [6, 6.07) is 102. The lowest BCUT2D eigenvalue weighted by Crippen LogP contribution is -2.10. The van der Waals surface area contributed by atoms with Crippen molar-refractivity contribution in [1.82, 2.24) is 0 Å². The molecule has 1 aromatic heterocycles. The molecule has 0 amide bonds. The summed E-state index contributed by atoms with van der Waals surface area (Å²) in [6.45, 7) is 0. The van der Waals surface area contributed by atoms with Gasteiger partial charge in [-0.15, -0.1) is 0 Å². The molecule has 0 unspecified atom stereocenters. The van der Waals surface area contributed by atoms with Crippen molar-refractivity contribution >= 4 is 110 Å². The molecule has 0 aliphatic carbocycles. The van der Waals surface area contributed by atoms with Gasteiger partial charge in [0.2, 0.25) is 0 Å². The molecule has 3 nitrogen and oxygen atoms in total. The number of para-hydroxylation sites is 4. The van der Waals surface area contributed by atoms with Crippen LogP contribution >= 0.6 is 0 Å². The van der Waals surface area contributed by atoms with Crippen molar-refractivity contribution < 1.29 is 4.42 Å². The Morgan fingerprint density at radius 3 is 1.37 bits per heavy atom. The molecule has 0 spiro atoms. The van der Waals surface area contributed by atoms with Crippen LogP contribution in [0.15, 0.2) is 283 Å². The first-order valence-corrected chi connectivity index (χ1v) is 25.7. The molecule has 15 rings (SSSR count). The molecule has 0 saturated carbocycles. The minimum Gasteiger partial charge on any atom is -0.455 e. The van der Waals surface area contributed by atoms with Crippen LogP contribution in [0.1, 0.15) is 0 Å². The minimum atomic E-state index is 0.875. The normalized spacial score (nSPS) is 12.0. The second-order valence-electron chi connectivity index (χ2n) is 19.5. The molecule has 14 aromatic rings. The van der Waals surface area contributed by atoms with Crippen LogP contribution in [0.5, 0.6) is 0 Å². The molecule has 13 aromatic carbocycles. The standard InChI is InChI=1S/C72H46N2O/c1-3-19-47(20-4-1)48-35-37-50(38-36-48)73(51-40-42-59-60-28-13-16-32-68(60)74(49-21-5-2-6-22-49)69-33-17-14-29-61(69)66(59)45-51)52-39-41-58-56-26-10-8-24-54(56)53-23-7-9-25-55(53)57-27-11-12-31-63(57)71-64(67(58)46-52)43-44-65-62-30-15-18-34-70(62)75-72(65)71/h1-46H. The van der Waals surface area contributed by atoms with Gasteiger partial charge in [0, 0.05) is 50.0 Å². The summed E-state index contributed by atoms with van der Waals surface area (Å²) in [4.78, 5) is 4.85. The average Bonchev–Trinajstić information content (AvgIpc) is 3.86. The maximum absolute atomic E-state index is 7.05. The minimum absolute atomic E-state index is 0.875. The lowest BCUT2D eigenvalue weighted by atomic mass is 9.92. The van der Waals surface area contributed by atoms with Crippen LogP contribution in [0, 0.1) is 0 Å². The average molecular weight is 955 g/mol. The Kier molecular flexibility index (Phi) is 9.89. The molecule has 350 valence electrons. The Hall–Kier alpha value is -9.96. The van der Waals surface area contributed by atoms with Crippen molar-refractivity contribution in [1.29, 1.82) is 0 Å². The summed E-state index contributed by atoms with van der Waals surface area (Å²) in [6.07, 6.45) is 0. The number of benzene rings is 12. The Bertz CT molecular complexity index is 4650. The van der Waals surface area contributed by atoms with Crippen LogP contribution in [0.3, 0.4) is 0 Å². The molecule has 3 heteroatoms. The van der Waals surface area contributed by atoms with E-state index in [4.69, 9.17) is 4.42 Å². The van der Waals surface area contributed by atoms with E-state index >= 15 is 0 Å². The molecule has 0 N–H and O–H groups in total. The van der Waals surface area contributed by atoms with Crippen molar-refractivity contribution in [2.75, 3.05) is 9.80 Å². The molecule has 0 bridgehead atoms. The van der Waals surface area contributed by atoms with Gasteiger partial charge in [-0.2, -0.15) is 0 Å². The Balaban J connectivity index is 1.06. The van der Waals surface area contributed by atoms with Crippen LogP contribution in [-0.2, 0) is 0 Å². The Morgan fingerprint density at radius 1 is 0.267 bits per heavy atom. The Labute approximate surface area is 434 Å². The molecule has 0 radical (unpaired) electrons. The highest BCUT2D eigenvalue weighted by Gasteiger charge is 2.27. The fraction of sp³-hybridized carbons (Fsp3) is 0. The maximum atomic E-state index is 7.05. The number of rotatable bonds is 5. The van der Waals surface area contributed by atoms with Gasteiger partial charge >= 0.3 is 0 Å². The number of nitrogens with zero attached hydrogens (tertiary/aromatic N) is 2. The third kappa shape index (κ3) is 6.90. The Morgan fingerprint density at radius 2 is 0.707 bits per heavy atom. The zero-order valence-corrected chi connectivity index (χ0v) is 40.9. The van der Waals surface area contributed by atoms with Crippen LogP contribution in [0.2, 0.25) is 0 Å². The van der Waals surface area contributed by atoms with Crippen molar-refractivity contribution in [2.24, 2.45) is 0 Å². The molecular formula is C72H46N2O. The molecule has 2 heterocycles. The van der Waals surface area contributed by atoms with Crippen LogP contribution in [0.25, 0.3) is 109 Å². The molecule has 75 heavy (non-hydrogen) atoms. The highest BCUT2D eigenvalue weighted by Crippen LogP contribution is 2.53. The fourth-order valence-corrected chi connectivity index (χ4v) is 12.0.